The van der Waals surface area contributed by atoms with Crippen LogP contribution < -0.4 is 5.32 Å². The van der Waals surface area contributed by atoms with Gasteiger partial charge in [0.15, 0.2) is 0 Å². The van der Waals surface area contributed by atoms with Crippen molar-refractivity contribution in [1.29, 1.82) is 0 Å². The fourth-order valence-corrected chi connectivity index (χ4v) is 3.99. The zero-order valence-corrected chi connectivity index (χ0v) is 12.6. The normalized spacial score (nSPS) is 21.1. The number of nitrogens with one attached hydrogen (secondary N) is 1. The van der Waals surface area contributed by atoms with Crippen LogP contribution >= 0.6 is 0 Å². The lowest BCUT2D eigenvalue weighted by atomic mass is 9.97. The van der Waals surface area contributed by atoms with Crippen molar-refractivity contribution in [3.05, 3.63) is 24.5 Å². The first-order valence-corrected chi connectivity index (χ1v) is 8.72. The average molecular weight is 309 g/mol. The fraction of sp³-hybridized carbons (Fsp3) is 0.571. The third kappa shape index (κ3) is 3.24. The molecule has 1 saturated carbocycles. The lowest BCUT2D eigenvalue weighted by molar-refractivity contribution is -0.126. The molecule has 1 aliphatic heterocycles. The summed E-state index contributed by atoms with van der Waals surface area (Å²) < 4.78 is 26.3. The van der Waals surface area contributed by atoms with Crippen molar-refractivity contribution in [2.24, 2.45) is 5.92 Å². The molecule has 1 aromatic rings. The summed E-state index contributed by atoms with van der Waals surface area (Å²) in [6, 6.07) is 3.52. The van der Waals surface area contributed by atoms with E-state index in [9.17, 15) is 13.2 Å². The van der Waals surface area contributed by atoms with E-state index < -0.39 is 10.0 Å². The van der Waals surface area contributed by atoms with E-state index in [4.69, 9.17) is 0 Å². The van der Waals surface area contributed by atoms with Gasteiger partial charge in [0.1, 0.15) is 4.90 Å². The molecule has 0 bridgehead atoms. The molecular formula is C14H19N3O3S. The van der Waals surface area contributed by atoms with Gasteiger partial charge in [-0.15, -0.1) is 0 Å². The molecule has 7 heteroatoms. The number of amides is 1. The summed E-state index contributed by atoms with van der Waals surface area (Å²) in [6.45, 7) is 0.778. The van der Waals surface area contributed by atoms with Gasteiger partial charge in [-0.05, 0) is 37.8 Å². The Hall–Kier alpha value is -1.47. The molecule has 0 atom stereocenters. The van der Waals surface area contributed by atoms with Gasteiger partial charge in [-0.25, -0.2) is 8.42 Å². The number of hydrogen-bond donors (Lipinski definition) is 1. The maximum absolute atomic E-state index is 12.4. The van der Waals surface area contributed by atoms with Gasteiger partial charge in [0.05, 0.1) is 0 Å². The predicted molar refractivity (Wildman–Crippen MR) is 76.9 cm³/mol. The topological polar surface area (TPSA) is 79.4 Å². The summed E-state index contributed by atoms with van der Waals surface area (Å²) in [5, 5.41) is 2.99. The van der Waals surface area contributed by atoms with Crippen molar-refractivity contribution in [2.45, 2.75) is 36.6 Å². The number of carbonyl (C=O) groups excluding carboxylic acids is 1. The van der Waals surface area contributed by atoms with Crippen LogP contribution in [0.25, 0.3) is 0 Å². The number of aromatic nitrogens is 1. The van der Waals surface area contributed by atoms with E-state index in [2.05, 4.69) is 10.3 Å². The second kappa shape index (κ2) is 5.73. The van der Waals surface area contributed by atoms with Crippen molar-refractivity contribution in [2.75, 3.05) is 13.1 Å². The molecule has 2 heterocycles. The molecular weight excluding hydrogens is 290 g/mol. The highest BCUT2D eigenvalue weighted by atomic mass is 32.2. The van der Waals surface area contributed by atoms with Crippen LogP contribution in [0.15, 0.2) is 29.4 Å². The van der Waals surface area contributed by atoms with Gasteiger partial charge in [-0.2, -0.15) is 4.31 Å². The molecule has 0 unspecified atom stereocenters. The van der Waals surface area contributed by atoms with Crippen LogP contribution in [0.2, 0.25) is 0 Å². The lowest BCUT2D eigenvalue weighted by Crippen LogP contribution is -2.43. The van der Waals surface area contributed by atoms with E-state index in [-0.39, 0.29) is 16.7 Å². The zero-order chi connectivity index (χ0) is 14.9. The minimum atomic E-state index is -3.48. The molecule has 0 spiro atoms. The maximum Gasteiger partial charge on any atom is 0.244 e. The number of rotatable bonds is 4. The summed E-state index contributed by atoms with van der Waals surface area (Å²) in [5.41, 5.74) is 0. The Morgan fingerprint density at radius 1 is 1.24 bits per heavy atom. The third-order valence-corrected chi connectivity index (χ3v) is 5.90. The van der Waals surface area contributed by atoms with Crippen LogP contribution in [0.1, 0.15) is 25.7 Å². The van der Waals surface area contributed by atoms with Crippen molar-refractivity contribution >= 4 is 15.9 Å². The number of pyridine rings is 1. The zero-order valence-electron chi connectivity index (χ0n) is 11.7. The SMILES string of the molecule is O=C(NC1CC1)C1CCN(S(=O)(=O)c2cccnc2)CC1. The second-order valence-electron chi connectivity index (χ2n) is 5.65. The lowest BCUT2D eigenvalue weighted by Gasteiger charge is -2.30. The van der Waals surface area contributed by atoms with Crippen LogP contribution in [0.3, 0.4) is 0 Å². The first kappa shape index (κ1) is 14.5. The summed E-state index contributed by atoms with van der Waals surface area (Å²) in [5.74, 6) is 0.0156. The van der Waals surface area contributed by atoms with Gasteiger partial charge in [0.2, 0.25) is 15.9 Å². The quantitative estimate of drug-likeness (QED) is 0.890. The van der Waals surface area contributed by atoms with Gasteiger partial charge < -0.3 is 5.32 Å². The van der Waals surface area contributed by atoms with Crippen LogP contribution in [-0.2, 0) is 14.8 Å². The number of piperidine rings is 1. The first-order valence-electron chi connectivity index (χ1n) is 7.28. The Morgan fingerprint density at radius 3 is 2.52 bits per heavy atom. The molecule has 6 nitrogen and oxygen atoms in total. The molecule has 0 aromatic carbocycles. The minimum absolute atomic E-state index is 0.0639. The molecule has 2 fully saturated rings. The Labute approximate surface area is 124 Å². The Morgan fingerprint density at radius 2 is 1.95 bits per heavy atom. The molecule has 2 aliphatic rings. The Balaban J connectivity index is 1.61. The fourth-order valence-electron chi connectivity index (χ4n) is 2.55. The molecule has 21 heavy (non-hydrogen) atoms. The third-order valence-electron chi connectivity index (χ3n) is 4.02. The summed E-state index contributed by atoms with van der Waals surface area (Å²) in [4.78, 5) is 16.1. The van der Waals surface area contributed by atoms with Gasteiger partial charge in [-0.3, -0.25) is 9.78 Å². The van der Waals surface area contributed by atoms with Crippen molar-refractivity contribution < 1.29 is 13.2 Å². The van der Waals surface area contributed by atoms with Crippen LogP contribution in [0.5, 0.6) is 0 Å². The van der Waals surface area contributed by atoms with Gasteiger partial charge in [-0.1, -0.05) is 0 Å². The number of sulfonamides is 1. The van der Waals surface area contributed by atoms with E-state index in [0.717, 1.165) is 12.8 Å². The number of nitrogens with zero attached hydrogens (tertiary/aromatic N) is 2. The van der Waals surface area contributed by atoms with Crippen LogP contribution in [-0.4, -0.2) is 42.7 Å². The van der Waals surface area contributed by atoms with E-state index in [1.165, 1.54) is 10.5 Å². The average Bonchev–Trinajstić information content (AvgIpc) is 3.32. The molecule has 114 valence electrons. The largest absolute Gasteiger partial charge is 0.353 e. The van der Waals surface area contributed by atoms with E-state index in [1.807, 2.05) is 0 Å². The maximum atomic E-state index is 12.4. The summed E-state index contributed by atoms with van der Waals surface area (Å²) >= 11 is 0. The van der Waals surface area contributed by atoms with Gasteiger partial charge >= 0.3 is 0 Å². The second-order valence-corrected chi connectivity index (χ2v) is 7.59. The van der Waals surface area contributed by atoms with Crippen LogP contribution in [0, 0.1) is 5.92 Å². The predicted octanol–water partition coefficient (Wildman–Crippen LogP) is 0.761. The van der Waals surface area contributed by atoms with Crippen LogP contribution in [0.4, 0.5) is 0 Å². The minimum Gasteiger partial charge on any atom is -0.353 e. The Bertz CT molecular complexity index is 606. The molecule has 0 radical (unpaired) electrons. The number of hydrogen-bond acceptors (Lipinski definition) is 4. The van der Waals surface area contributed by atoms with E-state index >= 15 is 0 Å². The molecule has 3 rings (SSSR count). The highest BCUT2D eigenvalue weighted by Crippen LogP contribution is 2.25. The van der Waals surface area contributed by atoms with Gasteiger partial charge in [0.25, 0.3) is 0 Å². The monoisotopic (exact) mass is 309 g/mol. The molecule has 1 N–H and O–H groups in total. The standard InChI is InChI=1S/C14H19N3O3S/c18-14(16-12-3-4-12)11-5-8-17(9-6-11)21(19,20)13-2-1-7-15-10-13/h1-2,7,10-12H,3-6,8-9H2,(H,16,18). The molecule has 1 aliphatic carbocycles. The number of carbonyl (C=O) groups is 1. The smallest absolute Gasteiger partial charge is 0.244 e. The van der Waals surface area contributed by atoms with E-state index in [1.54, 1.807) is 18.3 Å². The van der Waals surface area contributed by atoms with E-state index in [0.29, 0.717) is 32.0 Å². The molecule has 1 saturated heterocycles. The summed E-state index contributed by atoms with van der Waals surface area (Å²) in [7, 11) is -3.48. The summed E-state index contributed by atoms with van der Waals surface area (Å²) in [6.07, 6.45) is 6.21. The highest BCUT2D eigenvalue weighted by molar-refractivity contribution is 7.89. The van der Waals surface area contributed by atoms with Gasteiger partial charge in [0, 0.05) is 37.4 Å². The molecule has 1 aromatic heterocycles. The van der Waals surface area contributed by atoms with Crippen molar-refractivity contribution in [3.63, 3.8) is 0 Å². The van der Waals surface area contributed by atoms with Crippen molar-refractivity contribution in [1.82, 2.24) is 14.6 Å². The Kier molecular flexibility index (Phi) is 3.95. The highest BCUT2D eigenvalue weighted by Gasteiger charge is 2.33. The molecule has 1 amide bonds. The van der Waals surface area contributed by atoms with Crippen molar-refractivity contribution in [3.8, 4) is 0 Å². The first-order chi connectivity index (χ1) is 10.1.